The van der Waals surface area contributed by atoms with Crippen LogP contribution in [0.1, 0.15) is 38.5 Å². The standard InChI is InChI=1S/C19H33N5O2.HI/c1-20-18(22-10-11-24(16-4-5-16)17(25)14-22)21-15-19(6-12-26-13-7-19)23-8-2-3-9-23;/h16H,2-15H2,1H3,(H,20,21);1H. The molecule has 3 aliphatic heterocycles. The highest BCUT2D eigenvalue weighted by Crippen LogP contribution is 2.31. The van der Waals surface area contributed by atoms with Gasteiger partial charge in [0.25, 0.3) is 0 Å². The van der Waals surface area contributed by atoms with Crippen molar-refractivity contribution < 1.29 is 9.53 Å². The Labute approximate surface area is 179 Å². The third-order valence-electron chi connectivity index (χ3n) is 6.53. The van der Waals surface area contributed by atoms with E-state index in [4.69, 9.17) is 4.74 Å². The van der Waals surface area contributed by atoms with Crippen molar-refractivity contribution >= 4 is 35.8 Å². The lowest BCUT2D eigenvalue weighted by Gasteiger charge is -2.45. The van der Waals surface area contributed by atoms with Gasteiger partial charge in [0, 0.05) is 51.5 Å². The van der Waals surface area contributed by atoms with E-state index in [1.807, 2.05) is 7.05 Å². The van der Waals surface area contributed by atoms with Crippen LogP contribution in [-0.4, -0.2) is 97.7 Å². The third kappa shape index (κ3) is 4.70. The molecule has 3 saturated heterocycles. The lowest BCUT2D eigenvalue weighted by atomic mass is 9.88. The molecule has 0 aromatic heterocycles. The van der Waals surface area contributed by atoms with Gasteiger partial charge in [0.1, 0.15) is 0 Å². The summed E-state index contributed by atoms with van der Waals surface area (Å²) in [6.07, 6.45) is 7.11. The largest absolute Gasteiger partial charge is 0.381 e. The van der Waals surface area contributed by atoms with Crippen LogP contribution >= 0.6 is 24.0 Å². The van der Waals surface area contributed by atoms with Crippen molar-refractivity contribution in [2.75, 3.05) is 59.5 Å². The molecule has 1 N–H and O–H groups in total. The molecule has 4 aliphatic rings. The van der Waals surface area contributed by atoms with Crippen molar-refractivity contribution in [1.82, 2.24) is 20.0 Å². The van der Waals surface area contributed by atoms with Crippen LogP contribution in [0.3, 0.4) is 0 Å². The molecule has 4 rings (SSSR count). The van der Waals surface area contributed by atoms with Crippen LogP contribution in [0.2, 0.25) is 0 Å². The minimum absolute atomic E-state index is 0. The summed E-state index contributed by atoms with van der Waals surface area (Å²) >= 11 is 0. The number of halogens is 1. The average molecular weight is 491 g/mol. The first-order chi connectivity index (χ1) is 12.7. The number of aliphatic imine (C=N–C) groups is 1. The van der Waals surface area contributed by atoms with Gasteiger partial charge in [-0.2, -0.15) is 0 Å². The molecule has 4 fully saturated rings. The molecule has 7 nitrogen and oxygen atoms in total. The average Bonchev–Trinajstić information content (AvgIpc) is 3.35. The van der Waals surface area contributed by atoms with Crippen LogP contribution < -0.4 is 5.32 Å². The summed E-state index contributed by atoms with van der Waals surface area (Å²) in [6, 6.07) is 0.514. The number of carbonyl (C=O) groups is 1. The molecule has 0 atom stereocenters. The molecule has 0 radical (unpaired) electrons. The Kier molecular flexibility index (Phi) is 7.24. The van der Waals surface area contributed by atoms with E-state index in [0.29, 0.717) is 12.6 Å². The number of ether oxygens (including phenoxy) is 1. The van der Waals surface area contributed by atoms with Gasteiger partial charge in [-0.05, 0) is 51.6 Å². The molecule has 0 unspecified atom stereocenters. The van der Waals surface area contributed by atoms with Gasteiger partial charge >= 0.3 is 0 Å². The molecule has 0 bridgehead atoms. The molecule has 1 aliphatic carbocycles. The van der Waals surface area contributed by atoms with E-state index in [2.05, 4.69) is 25.0 Å². The van der Waals surface area contributed by atoms with Gasteiger partial charge in [-0.25, -0.2) is 0 Å². The Hall–Kier alpha value is -0.610. The maximum atomic E-state index is 12.5. The minimum atomic E-state index is 0. The summed E-state index contributed by atoms with van der Waals surface area (Å²) < 4.78 is 5.64. The Bertz CT molecular complexity index is 542. The second-order valence-electron chi connectivity index (χ2n) is 8.17. The summed E-state index contributed by atoms with van der Waals surface area (Å²) in [5.74, 6) is 1.13. The van der Waals surface area contributed by atoms with Gasteiger partial charge in [0.15, 0.2) is 5.96 Å². The summed E-state index contributed by atoms with van der Waals surface area (Å²) in [5, 5.41) is 3.61. The van der Waals surface area contributed by atoms with Gasteiger partial charge in [0.05, 0.1) is 6.54 Å². The Morgan fingerprint density at radius 1 is 1.19 bits per heavy atom. The fraction of sp³-hybridized carbons (Fsp3) is 0.895. The van der Waals surface area contributed by atoms with E-state index in [1.54, 1.807) is 0 Å². The number of nitrogens with one attached hydrogen (secondary N) is 1. The number of hydrogen-bond donors (Lipinski definition) is 1. The normalized spacial score (nSPS) is 26.9. The molecule has 0 spiro atoms. The van der Waals surface area contributed by atoms with E-state index in [0.717, 1.165) is 51.6 Å². The van der Waals surface area contributed by atoms with Gasteiger partial charge in [-0.1, -0.05) is 0 Å². The van der Waals surface area contributed by atoms with Gasteiger partial charge in [0.2, 0.25) is 5.91 Å². The zero-order chi connectivity index (χ0) is 18.0. The van der Waals surface area contributed by atoms with Crippen LogP contribution in [-0.2, 0) is 9.53 Å². The summed E-state index contributed by atoms with van der Waals surface area (Å²) in [5.41, 5.74) is 0.171. The first-order valence-corrected chi connectivity index (χ1v) is 10.3. The van der Waals surface area contributed by atoms with Crippen LogP contribution in [0.25, 0.3) is 0 Å². The van der Waals surface area contributed by atoms with Crippen molar-refractivity contribution in [2.45, 2.75) is 50.1 Å². The molecule has 27 heavy (non-hydrogen) atoms. The van der Waals surface area contributed by atoms with E-state index in [-0.39, 0.29) is 35.4 Å². The smallest absolute Gasteiger partial charge is 0.242 e. The lowest BCUT2D eigenvalue weighted by Crippen LogP contribution is -2.61. The first-order valence-electron chi connectivity index (χ1n) is 10.3. The lowest BCUT2D eigenvalue weighted by molar-refractivity contribution is -0.135. The predicted molar refractivity (Wildman–Crippen MR) is 117 cm³/mol. The number of guanidine groups is 1. The quantitative estimate of drug-likeness (QED) is 0.363. The number of carbonyl (C=O) groups excluding carboxylic acids is 1. The Balaban J connectivity index is 0.00000210. The number of nitrogens with zero attached hydrogens (tertiary/aromatic N) is 4. The van der Waals surface area contributed by atoms with Crippen molar-refractivity contribution in [3.63, 3.8) is 0 Å². The van der Waals surface area contributed by atoms with E-state index in [9.17, 15) is 4.79 Å². The van der Waals surface area contributed by atoms with E-state index in [1.165, 1.54) is 38.8 Å². The maximum absolute atomic E-state index is 12.5. The highest BCUT2D eigenvalue weighted by atomic mass is 127. The molecule has 1 saturated carbocycles. The predicted octanol–water partition coefficient (Wildman–Crippen LogP) is 1.13. The van der Waals surface area contributed by atoms with Gasteiger partial charge < -0.3 is 19.9 Å². The highest BCUT2D eigenvalue weighted by Gasteiger charge is 2.40. The Morgan fingerprint density at radius 3 is 2.48 bits per heavy atom. The van der Waals surface area contributed by atoms with Crippen molar-refractivity contribution in [3.8, 4) is 0 Å². The second-order valence-corrected chi connectivity index (χ2v) is 8.17. The SMILES string of the molecule is CN=C(NCC1(N2CCCC2)CCOCC1)N1CCN(C2CC2)C(=O)C1.I. The molecule has 0 aromatic carbocycles. The monoisotopic (exact) mass is 491 g/mol. The maximum Gasteiger partial charge on any atom is 0.242 e. The summed E-state index contributed by atoms with van der Waals surface area (Å²) in [4.78, 5) is 23.8. The highest BCUT2D eigenvalue weighted by molar-refractivity contribution is 14.0. The molecule has 3 heterocycles. The van der Waals surface area contributed by atoms with Crippen LogP contribution in [0, 0.1) is 0 Å². The molecule has 0 aromatic rings. The zero-order valence-electron chi connectivity index (χ0n) is 16.5. The molecule has 8 heteroatoms. The topological polar surface area (TPSA) is 60.4 Å². The summed E-state index contributed by atoms with van der Waals surface area (Å²) in [7, 11) is 1.83. The van der Waals surface area contributed by atoms with Crippen molar-refractivity contribution in [3.05, 3.63) is 0 Å². The van der Waals surface area contributed by atoms with Gasteiger partial charge in [-0.3, -0.25) is 14.7 Å². The minimum Gasteiger partial charge on any atom is -0.381 e. The number of amides is 1. The Morgan fingerprint density at radius 2 is 1.89 bits per heavy atom. The summed E-state index contributed by atoms with van der Waals surface area (Å²) in [6.45, 7) is 7.12. The fourth-order valence-electron chi connectivity index (χ4n) is 4.76. The van der Waals surface area contributed by atoms with Gasteiger partial charge in [-0.15, -0.1) is 24.0 Å². The second kappa shape index (κ2) is 9.26. The van der Waals surface area contributed by atoms with Crippen molar-refractivity contribution in [2.24, 2.45) is 4.99 Å². The van der Waals surface area contributed by atoms with E-state index >= 15 is 0 Å². The van der Waals surface area contributed by atoms with E-state index < -0.39 is 0 Å². The number of likely N-dealkylation sites (tertiary alicyclic amines) is 1. The van der Waals surface area contributed by atoms with Crippen LogP contribution in [0.4, 0.5) is 0 Å². The third-order valence-corrected chi connectivity index (χ3v) is 6.53. The molecule has 1 amide bonds. The zero-order valence-corrected chi connectivity index (χ0v) is 18.8. The first kappa shape index (κ1) is 21.1. The fourth-order valence-corrected chi connectivity index (χ4v) is 4.76. The van der Waals surface area contributed by atoms with Crippen LogP contribution in [0.5, 0.6) is 0 Å². The number of rotatable bonds is 4. The number of hydrogen-bond acceptors (Lipinski definition) is 4. The molecular weight excluding hydrogens is 457 g/mol. The molecule has 154 valence electrons. The number of piperazine rings is 1. The van der Waals surface area contributed by atoms with Crippen molar-refractivity contribution in [1.29, 1.82) is 0 Å². The molecular formula is C19H34IN5O2. The van der Waals surface area contributed by atoms with Crippen LogP contribution in [0.15, 0.2) is 4.99 Å².